The molecule has 0 saturated carbocycles. The van der Waals surface area contributed by atoms with E-state index in [0.29, 0.717) is 17.7 Å². The number of piperidine rings is 2. The predicted molar refractivity (Wildman–Crippen MR) is 98.6 cm³/mol. The van der Waals surface area contributed by atoms with E-state index in [1.54, 1.807) is 0 Å². The molecule has 1 aliphatic carbocycles. The van der Waals surface area contributed by atoms with Crippen molar-refractivity contribution < 1.29 is 5.11 Å². The second-order valence-corrected chi connectivity index (χ2v) is 8.51. The molecule has 132 valence electrons. The van der Waals surface area contributed by atoms with Crippen molar-refractivity contribution in [3.63, 3.8) is 0 Å². The van der Waals surface area contributed by atoms with Gasteiger partial charge in [0.2, 0.25) is 0 Å². The average molecular weight is 329 g/mol. The fourth-order valence-corrected chi connectivity index (χ4v) is 5.43. The highest BCUT2D eigenvalue weighted by atomic mass is 16.3. The number of phenolic OH excluding ortho intramolecular Hbond substituents is 1. The molecule has 3 nitrogen and oxygen atoms in total. The second kappa shape index (κ2) is 6.34. The van der Waals surface area contributed by atoms with Crippen LogP contribution in [-0.4, -0.2) is 53.7 Å². The van der Waals surface area contributed by atoms with Crippen LogP contribution in [0.4, 0.5) is 0 Å². The second-order valence-electron chi connectivity index (χ2n) is 8.51. The molecule has 2 aliphatic heterocycles. The molecule has 3 atom stereocenters. The lowest BCUT2D eigenvalue weighted by atomic mass is 9.59. The van der Waals surface area contributed by atoms with Crippen LogP contribution in [0.1, 0.15) is 50.7 Å². The number of aromatic hydroxyl groups is 1. The third-order valence-corrected chi connectivity index (χ3v) is 7.26. The van der Waals surface area contributed by atoms with Gasteiger partial charge in [0.15, 0.2) is 0 Å². The SMILES string of the molecule is C[C@@H]1[C@@H]2Cc3ccc(O)cc3[C@@]1(C)CCN2CCN1CCCCC1. The lowest BCUT2D eigenvalue weighted by molar-refractivity contribution is 0.0238. The molecule has 2 bridgehead atoms. The number of nitrogens with zero attached hydrogens (tertiary/aromatic N) is 2. The van der Waals surface area contributed by atoms with Gasteiger partial charge in [0.25, 0.3) is 0 Å². The monoisotopic (exact) mass is 328 g/mol. The molecule has 24 heavy (non-hydrogen) atoms. The Morgan fingerprint density at radius 1 is 1.12 bits per heavy atom. The van der Waals surface area contributed by atoms with Gasteiger partial charge in [-0.2, -0.15) is 0 Å². The molecule has 4 rings (SSSR count). The highest BCUT2D eigenvalue weighted by Crippen LogP contribution is 2.49. The summed E-state index contributed by atoms with van der Waals surface area (Å²) >= 11 is 0. The van der Waals surface area contributed by atoms with Gasteiger partial charge in [-0.25, -0.2) is 0 Å². The molecule has 0 amide bonds. The number of benzene rings is 1. The van der Waals surface area contributed by atoms with Crippen LogP contribution >= 0.6 is 0 Å². The van der Waals surface area contributed by atoms with Crippen LogP contribution in [0.5, 0.6) is 5.75 Å². The molecular formula is C21H32N2O. The molecule has 1 aromatic rings. The van der Waals surface area contributed by atoms with E-state index in [2.05, 4.69) is 29.7 Å². The van der Waals surface area contributed by atoms with Crippen LogP contribution in [0, 0.1) is 5.92 Å². The molecular weight excluding hydrogens is 296 g/mol. The Hall–Kier alpha value is -1.06. The minimum absolute atomic E-state index is 0.221. The first-order chi connectivity index (χ1) is 11.6. The molecule has 1 aromatic carbocycles. The largest absolute Gasteiger partial charge is 0.508 e. The summed E-state index contributed by atoms with van der Waals surface area (Å²) < 4.78 is 0. The molecule has 0 spiro atoms. The summed E-state index contributed by atoms with van der Waals surface area (Å²) in [6, 6.07) is 6.72. The number of hydrogen-bond acceptors (Lipinski definition) is 3. The lowest BCUT2D eigenvalue weighted by Crippen LogP contribution is -2.59. The number of fused-ring (bicyclic) bond motifs is 4. The van der Waals surface area contributed by atoms with E-state index in [1.807, 2.05) is 12.1 Å². The maximum atomic E-state index is 9.95. The first-order valence-corrected chi connectivity index (χ1v) is 9.87. The van der Waals surface area contributed by atoms with Crippen molar-refractivity contribution in [1.82, 2.24) is 9.80 Å². The summed E-state index contributed by atoms with van der Waals surface area (Å²) in [6.07, 6.45) is 6.54. The maximum absolute atomic E-state index is 9.95. The molecule has 1 N–H and O–H groups in total. The molecule has 0 radical (unpaired) electrons. The summed E-state index contributed by atoms with van der Waals surface area (Å²) in [4.78, 5) is 5.42. The van der Waals surface area contributed by atoms with Gasteiger partial charge in [-0.3, -0.25) is 4.90 Å². The number of likely N-dealkylation sites (tertiary alicyclic amines) is 2. The van der Waals surface area contributed by atoms with Gasteiger partial charge in [0.05, 0.1) is 0 Å². The van der Waals surface area contributed by atoms with E-state index in [-0.39, 0.29) is 5.41 Å². The van der Waals surface area contributed by atoms with Crippen LogP contribution in [0.2, 0.25) is 0 Å². The van der Waals surface area contributed by atoms with Crippen LogP contribution in [0.25, 0.3) is 0 Å². The maximum Gasteiger partial charge on any atom is 0.115 e. The predicted octanol–water partition coefficient (Wildman–Crippen LogP) is 3.40. The Labute approximate surface area is 146 Å². The number of hydrogen-bond donors (Lipinski definition) is 1. The van der Waals surface area contributed by atoms with Crippen molar-refractivity contribution in [3.8, 4) is 5.75 Å². The number of rotatable bonds is 3. The van der Waals surface area contributed by atoms with Crippen molar-refractivity contribution in [2.24, 2.45) is 5.92 Å². The first-order valence-electron chi connectivity index (χ1n) is 9.87. The molecule has 2 fully saturated rings. The Morgan fingerprint density at radius 2 is 1.92 bits per heavy atom. The van der Waals surface area contributed by atoms with Gasteiger partial charge < -0.3 is 10.0 Å². The fraction of sp³-hybridized carbons (Fsp3) is 0.714. The van der Waals surface area contributed by atoms with E-state index in [4.69, 9.17) is 0 Å². The van der Waals surface area contributed by atoms with Gasteiger partial charge >= 0.3 is 0 Å². The zero-order chi connectivity index (χ0) is 16.7. The summed E-state index contributed by atoms with van der Waals surface area (Å²) in [5, 5.41) is 9.95. The van der Waals surface area contributed by atoms with E-state index < -0.39 is 0 Å². The Balaban J connectivity index is 1.50. The summed E-state index contributed by atoms with van der Waals surface area (Å²) in [5.41, 5.74) is 3.08. The minimum atomic E-state index is 0.221. The van der Waals surface area contributed by atoms with Crippen molar-refractivity contribution in [1.29, 1.82) is 0 Å². The van der Waals surface area contributed by atoms with Crippen LogP contribution in [-0.2, 0) is 11.8 Å². The van der Waals surface area contributed by atoms with Crippen molar-refractivity contribution >= 4 is 0 Å². The molecule has 3 heteroatoms. The Morgan fingerprint density at radius 3 is 2.71 bits per heavy atom. The van der Waals surface area contributed by atoms with Crippen LogP contribution < -0.4 is 0 Å². The van der Waals surface area contributed by atoms with Gasteiger partial charge in [-0.1, -0.05) is 26.3 Å². The summed E-state index contributed by atoms with van der Waals surface area (Å²) in [7, 11) is 0. The Bertz CT molecular complexity index is 596. The van der Waals surface area contributed by atoms with Crippen LogP contribution in [0.15, 0.2) is 18.2 Å². The van der Waals surface area contributed by atoms with Crippen molar-refractivity contribution in [2.45, 2.75) is 57.4 Å². The summed E-state index contributed by atoms with van der Waals surface area (Å²) in [6.45, 7) is 11.1. The topological polar surface area (TPSA) is 26.7 Å². The highest BCUT2D eigenvalue weighted by molar-refractivity contribution is 5.44. The minimum Gasteiger partial charge on any atom is -0.508 e. The number of phenols is 1. The molecule has 2 heterocycles. The van der Waals surface area contributed by atoms with E-state index in [1.165, 1.54) is 69.5 Å². The molecule has 2 saturated heterocycles. The van der Waals surface area contributed by atoms with Gasteiger partial charge in [-0.15, -0.1) is 0 Å². The quantitative estimate of drug-likeness (QED) is 0.921. The Kier molecular flexibility index (Phi) is 4.34. The summed E-state index contributed by atoms with van der Waals surface area (Å²) in [5.74, 6) is 1.08. The van der Waals surface area contributed by atoms with Crippen LogP contribution in [0.3, 0.4) is 0 Å². The fourth-order valence-electron chi connectivity index (χ4n) is 5.43. The average Bonchev–Trinajstić information content (AvgIpc) is 2.59. The zero-order valence-electron chi connectivity index (χ0n) is 15.3. The smallest absolute Gasteiger partial charge is 0.115 e. The zero-order valence-corrected chi connectivity index (χ0v) is 15.3. The standard InChI is InChI=1S/C21H32N2O/c1-16-20-14-17-6-7-18(24)15-19(17)21(16,2)8-11-23(20)13-12-22-9-4-3-5-10-22/h6-7,15-16,20,24H,3-5,8-14H2,1-2H3/t16-,20+,21+/m1/s1. The third kappa shape index (κ3) is 2.76. The molecule has 0 unspecified atom stereocenters. The van der Waals surface area contributed by atoms with E-state index in [0.717, 1.165) is 6.42 Å². The van der Waals surface area contributed by atoms with E-state index >= 15 is 0 Å². The lowest BCUT2D eigenvalue weighted by Gasteiger charge is -2.55. The molecule has 0 aromatic heterocycles. The normalized spacial score (nSPS) is 34.1. The van der Waals surface area contributed by atoms with Gasteiger partial charge in [0, 0.05) is 19.1 Å². The third-order valence-electron chi connectivity index (χ3n) is 7.26. The van der Waals surface area contributed by atoms with Crippen molar-refractivity contribution in [3.05, 3.63) is 29.3 Å². The van der Waals surface area contributed by atoms with Crippen molar-refractivity contribution in [2.75, 3.05) is 32.7 Å². The first kappa shape index (κ1) is 16.4. The van der Waals surface area contributed by atoms with Gasteiger partial charge in [-0.05, 0) is 79.9 Å². The molecule has 3 aliphatic rings. The van der Waals surface area contributed by atoms with Gasteiger partial charge in [0.1, 0.15) is 5.75 Å². The highest BCUT2D eigenvalue weighted by Gasteiger charge is 2.48. The van der Waals surface area contributed by atoms with E-state index in [9.17, 15) is 5.11 Å².